The molecule has 0 fully saturated rings. The topological polar surface area (TPSA) is 95.9 Å². The Kier molecular flexibility index (Phi) is 4.81. The number of ether oxygens (including phenoxy) is 1. The molecule has 0 saturated heterocycles. The van der Waals surface area contributed by atoms with Gasteiger partial charge in [-0.05, 0) is 43.3 Å². The Morgan fingerprint density at radius 3 is 2.73 bits per heavy atom. The lowest BCUT2D eigenvalue weighted by molar-refractivity contribution is -0.127. The van der Waals surface area contributed by atoms with Crippen molar-refractivity contribution in [3.05, 3.63) is 53.1 Å². The lowest BCUT2D eigenvalue weighted by Gasteiger charge is -2.32. The molecule has 0 spiro atoms. The SMILES string of the molecule is CC1Oc2ccc(C(=O)O)cc2N(CC(=O)Nc2cccc(Cl)c2)C1=O. The predicted octanol–water partition coefficient (Wildman–Crippen LogP) is 2.79. The van der Waals surface area contributed by atoms with Gasteiger partial charge >= 0.3 is 5.97 Å². The second kappa shape index (κ2) is 7.05. The van der Waals surface area contributed by atoms with Crippen LogP contribution in [0, 0.1) is 0 Å². The third-order valence-corrected chi connectivity index (χ3v) is 4.06. The molecule has 1 unspecified atom stereocenters. The molecular formula is C18H15ClN2O5. The number of amides is 2. The van der Waals surface area contributed by atoms with Gasteiger partial charge in [0.25, 0.3) is 5.91 Å². The highest BCUT2D eigenvalue weighted by atomic mass is 35.5. The number of carboxylic acids is 1. The number of halogens is 1. The summed E-state index contributed by atoms with van der Waals surface area (Å²) < 4.78 is 5.49. The number of hydrogen-bond donors (Lipinski definition) is 2. The Bertz CT molecular complexity index is 899. The molecule has 1 heterocycles. The first-order valence-corrected chi connectivity index (χ1v) is 8.14. The van der Waals surface area contributed by atoms with Gasteiger partial charge in [-0.15, -0.1) is 0 Å². The van der Waals surface area contributed by atoms with Gasteiger partial charge in [0.1, 0.15) is 12.3 Å². The maximum atomic E-state index is 12.5. The fourth-order valence-electron chi connectivity index (χ4n) is 2.61. The molecule has 0 bridgehead atoms. The van der Waals surface area contributed by atoms with Crippen molar-refractivity contribution in [2.45, 2.75) is 13.0 Å². The number of anilines is 2. The van der Waals surface area contributed by atoms with E-state index in [1.165, 1.54) is 23.1 Å². The van der Waals surface area contributed by atoms with E-state index in [0.29, 0.717) is 16.5 Å². The molecule has 0 saturated carbocycles. The minimum absolute atomic E-state index is 0.00467. The minimum atomic E-state index is -1.14. The number of carbonyl (C=O) groups is 3. The van der Waals surface area contributed by atoms with Gasteiger partial charge in [-0.3, -0.25) is 14.5 Å². The van der Waals surface area contributed by atoms with Crippen molar-refractivity contribution in [2.24, 2.45) is 0 Å². The summed E-state index contributed by atoms with van der Waals surface area (Å²) in [7, 11) is 0. The van der Waals surface area contributed by atoms with Gasteiger partial charge in [0.2, 0.25) is 5.91 Å². The van der Waals surface area contributed by atoms with Crippen LogP contribution in [-0.4, -0.2) is 35.5 Å². The highest BCUT2D eigenvalue weighted by Gasteiger charge is 2.33. The molecule has 0 aliphatic carbocycles. The van der Waals surface area contributed by atoms with Crippen LogP contribution in [0.25, 0.3) is 0 Å². The van der Waals surface area contributed by atoms with E-state index in [9.17, 15) is 14.4 Å². The van der Waals surface area contributed by atoms with E-state index in [1.807, 2.05) is 0 Å². The third-order valence-electron chi connectivity index (χ3n) is 3.82. The first kappa shape index (κ1) is 17.8. The van der Waals surface area contributed by atoms with Crippen LogP contribution in [0.3, 0.4) is 0 Å². The molecule has 0 aromatic heterocycles. The number of carboxylic acid groups (broad SMARTS) is 1. The van der Waals surface area contributed by atoms with E-state index in [0.717, 1.165) is 0 Å². The number of rotatable bonds is 4. The second-order valence-corrected chi connectivity index (χ2v) is 6.17. The Morgan fingerprint density at radius 2 is 2.04 bits per heavy atom. The molecule has 2 aromatic rings. The molecular weight excluding hydrogens is 360 g/mol. The van der Waals surface area contributed by atoms with Gasteiger partial charge in [0, 0.05) is 10.7 Å². The predicted molar refractivity (Wildman–Crippen MR) is 95.9 cm³/mol. The summed E-state index contributed by atoms with van der Waals surface area (Å²) in [6.07, 6.45) is -0.780. The average Bonchev–Trinajstić information content (AvgIpc) is 2.58. The summed E-state index contributed by atoms with van der Waals surface area (Å²) in [5.41, 5.74) is 0.736. The van der Waals surface area contributed by atoms with Gasteiger partial charge in [-0.1, -0.05) is 17.7 Å². The van der Waals surface area contributed by atoms with Crippen LogP contribution in [0.4, 0.5) is 11.4 Å². The van der Waals surface area contributed by atoms with Crippen LogP contribution in [0.5, 0.6) is 5.75 Å². The minimum Gasteiger partial charge on any atom is -0.479 e. The van der Waals surface area contributed by atoms with E-state index in [-0.39, 0.29) is 17.8 Å². The van der Waals surface area contributed by atoms with E-state index in [1.54, 1.807) is 31.2 Å². The van der Waals surface area contributed by atoms with E-state index in [4.69, 9.17) is 21.4 Å². The number of fused-ring (bicyclic) bond motifs is 1. The van der Waals surface area contributed by atoms with Crippen molar-refractivity contribution >= 4 is 40.8 Å². The van der Waals surface area contributed by atoms with Gasteiger partial charge < -0.3 is 15.2 Å². The lowest BCUT2D eigenvalue weighted by atomic mass is 10.1. The van der Waals surface area contributed by atoms with Gasteiger partial charge in [-0.2, -0.15) is 0 Å². The average molecular weight is 375 g/mol. The maximum Gasteiger partial charge on any atom is 0.335 e. The molecule has 2 amide bonds. The molecule has 2 aromatic carbocycles. The quantitative estimate of drug-likeness (QED) is 0.857. The number of benzene rings is 2. The Morgan fingerprint density at radius 1 is 1.27 bits per heavy atom. The number of nitrogens with zero attached hydrogens (tertiary/aromatic N) is 1. The fraction of sp³-hybridized carbons (Fsp3) is 0.167. The zero-order valence-corrected chi connectivity index (χ0v) is 14.5. The highest BCUT2D eigenvalue weighted by molar-refractivity contribution is 6.30. The molecule has 7 nitrogen and oxygen atoms in total. The molecule has 0 radical (unpaired) electrons. The molecule has 134 valence electrons. The Hall–Kier alpha value is -3.06. The monoisotopic (exact) mass is 374 g/mol. The van der Waals surface area contributed by atoms with Crippen molar-refractivity contribution in [3.8, 4) is 5.75 Å². The Labute approximate surface area is 154 Å². The molecule has 1 atom stereocenters. The normalized spacial score (nSPS) is 15.8. The van der Waals surface area contributed by atoms with Crippen LogP contribution in [0.15, 0.2) is 42.5 Å². The van der Waals surface area contributed by atoms with Crippen molar-refractivity contribution in [1.82, 2.24) is 0 Å². The lowest BCUT2D eigenvalue weighted by Crippen LogP contribution is -2.47. The fourth-order valence-corrected chi connectivity index (χ4v) is 2.80. The molecule has 1 aliphatic heterocycles. The van der Waals surface area contributed by atoms with Crippen LogP contribution >= 0.6 is 11.6 Å². The van der Waals surface area contributed by atoms with E-state index < -0.39 is 23.9 Å². The molecule has 2 N–H and O–H groups in total. The zero-order valence-electron chi connectivity index (χ0n) is 13.7. The standard InChI is InChI=1S/C18H15ClN2O5/c1-10-17(23)21(9-16(22)20-13-4-2-3-12(19)8-13)14-7-11(18(24)25)5-6-15(14)26-10/h2-8,10H,9H2,1H3,(H,20,22)(H,24,25). The van der Waals surface area contributed by atoms with E-state index in [2.05, 4.69) is 5.32 Å². The van der Waals surface area contributed by atoms with Gasteiger partial charge in [-0.25, -0.2) is 4.79 Å². The molecule has 3 rings (SSSR count). The zero-order chi connectivity index (χ0) is 18.8. The van der Waals surface area contributed by atoms with Crippen molar-refractivity contribution in [3.63, 3.8) is 0 Å². The number of aromatic carboxylic acids is 1. The van der Waals surface area contributed by atoms with Crippen LogP contribution in [-0.2, 0) is 9.59 Å². The maximum absolute atomic E-state index is 12.5. The first-order valence-electron chi connectivity index (χ1n) is 7.76. The number of hydrogen-bond acceptors (Lipinski definition) is 4. The Balaban J connectivity index is 1.86. The summed E-state index contributed by atoms with van der Waals surface area (Å²) in [6, 6.07) is 10.8. The van der Waals surface area contributed by atoms with Gasteiger partial charge in [0.05, 0.1) is 11.3 Å². The summed E-state index contributed by atoms with van der Waals surface area (Å²) in [5.74, 6) is -1.66. The van der Waals surface area contributed by atoms with Crippen molar-refractivity contribution in [1.29, 1.82) is 0 Å². The van der Waals surface area contributed by atoms with E-state index >= 15 is 0 Å². The summed E-state index contributed by atoms with van der Waals surface area (Å²) in [4.78, 5) is 37.2. The summed E-state index contributed by atoms with van der Waals surface area (Å²) in [6.45, 7) is 1.29. The van der Waals surface area contributed by atoms with Crippen molar-refractivity contribution < 1.29 is 24.2 Å². The molecule has 1 aliphatic rings. The van der Waals surface area contributed by atoms with Crippen molar-refractivity contribution in [2.75, 3.05) is 16.8 Å². The van der Waals surface area contributed by atoms with Crippen LogP contribution < -0.4 is 15.0 Å². The number of nitrogens with one attached hydrogen (secondary N) is 1. The van der Waals surface area contributed by atoms with Crippen LogP contribution in [0.1, 0.15) is 17.3 Å². The summed E-state index contributed by atoms with van der Waals surface area (Å²) in [5, 5.41) is 12.3. The largest absolute Gasteiger partial charge is 0.479 e. The van der Waals surface area contributed by atoms with Crippen LogP contribution in [0.2, 0.25) is 5.02 Å². The summed E-state index contributed by atoms with van der Waals surface area (Å²) >= 11 is 5.89. The molecule has 26 heavy (non-hydrogen) atoms. The smallest absolute Gasteiger partial charge is 0.335 e. The third kappa shape index (κ3) is 3.62. The second-order valence-electron chi connectivity index (χ2n) is 5.73. The van der Waals surface area contributed by atoms with Gasteiger partial charge in [0.15, 0.2) is 6.10 Å². The highest BCUT2D eigenvalue weighted by Crippen LogP contribution is 2.35. The molecule has 8 heteroatoms. The first-order chi connectivity index (χ1) is 12.3. The number of carbonyl (C=O) groups excluding carboxylic acids is 2.